The van der Waals surface area contributed by atoms with E-state index < -0.39 is 0 Å². The number of non-ortho nitro benzene ring substituents is 1. The second kappa shape index (κ2) is 8.27. The van der Waals surface area contributed by atoms with Crippen molar-refractivity contribution in [2.45, 2.75) is 46.5 Å². The van der Waals surface area contributed by atoms with E-state index in [1.54, 1.807) is 12.1 Å². The molecule has 1 aliphatic rings. The van der Waals surface area contributed by atoms with Crippen molar-refractivity contribution in [3.63, 3.8) is 0 Å². The summed E-state index contributed by atoms with van der Waals surface area (Å²) in [5, 5.41) is 11.4. The molecule has 0 saturated carbocycles. The third-order valence-electron chi connectivity index (χ3n) is 6.34. The SMILES string of the molecule is Cc1ccc(/C=C\c2cc3c(C)c(c2)CCc2cc([N+](=O)[O-])cc(c2C)CC3)cc1. The first-order chi connectivity index (χ1) is 14.4. The highest BCUT2D eigenvalue weighted by atomic mass is 16.6. The molecule has 0 atom stereocenters. The number of fused-ring (bicyclic) bond motifs is 4. The molecule has 0 aliphatic heterocycles. The van der Waals surface area contributed by atoms with Gasteiger partial charge in [-0.1, -0.05) is 54.1 Å². The summed E-state index contributed by atoms with van der Waals surface area (Å²) in [6.07, 6.45) is 7.80. The Hall–Kier alpha value is -3.20. The van der Waals surface area contributed by atoms with Crippen LogP contribution in [0, 0.1) is 30.9 Å². The molecular weight excluding hydrogens is 370 g/mol. The minimum atomic E-state index is -0.267. The van der Waals surface area contributed by atoms with Gasteiger partial charge in [-0.05, 0) is 91.0 Å². The predicted octanol–water partition coefficient (Wildman–Crippen LogP) is 6.57. The molecule has 0 heterocycles. The van der Waals surface area contributed by atoms with E-state index in [-0.39, 0.29) is 10.6 Å². The van der Waals surface area contributed by atoms with E-state index in [0.29, 0.717) is 0 Å². The van der Waals surface area contributed by atoms with E-state index >= 15 is 0 Å². The molecule has 0 radical (unpaired) electrons. The van der Waals surface area contributed by atoms with Crippen LogP contribution >= 0.6 is 0 Å². The van der Waals surface area contributed by atoms with Gasteiger partial charge in [0.05, 0.1) is 4.92 Å². The first-order valence-corrected chi connectivity index (χ1v) is 10.5. The molecule has 0 N–H and O–H groups in total. The van der Waals surface area contributed by atoms with Gasteiger partial charge in [0.2, 0.25) is 0 Å². The summed E-state index contributed by atoms with van der Waals surface area (Å²) < 4.78 is 0. The summed E-state index contributed by atoms with van der Waals surface area (Å²) in [6, 6.07) is 16.6. The Morgan fingerprint density at radius 1 is 0.700 bits per heavy atom. The lowest BCUT2D eigenvalue weighted by atomic mass is 9.86. The van der Waals surface area contributed by atoms with Crippen LogP contribution in [0.3, 0.4) is 0 Å². The number of benzene rings is 3. The maximum atomic E-state index is 11.4. The molecule has 0 aromatic heterocycles. The number of rotatable bonds is 3. The maximum Gasteiger partial charge on any atom is 0.269 e. The minimum Gasteiger partial charge on any atom is -0.258 e. The van der Waals surface area contributed by atoms with Gasteiger partial charge in [0.15, 0.2) is 0 Å². The highest BCUT2D eigenvalue weighted by Gasteiger charge is 2.17. The van der Waals surface area contributed by atoms with Gasteiger partial charge in [-0.2, -0.15) is 0 Å². The quantitative estimate of drug-likeness (QED) is 0.285. The Labute approximate surface area is 178 Å². The molecule has 3 nitrogen and oxygen atoms in total. The lowest BCUT2D eigenvalue weighted by Crippen LogP contribution is -2.07. The fourth-order valence-electron chi connectivity index (χ4n) is 4.34. The Morgan fingerprint density at radius 3 is 1.60 bits per heavy atom. The number of nitro groups is 1. The summed E-state index contributed by atoms with van der Waals surface area (Å²) in [7, 11) is 0. The van der Waals surface area contributed by atoms with E-state index in [1.165, 1.54) is 38.9 Å². The molecule has 3 aromatic rings. The fourth-order valence-corrected chi connectivity index (χ4v) is 4.34. The zero-order chi connectivity index (χ0) is 21.3. The summed E-state index contributed by atoms with van der Waals surface area (Å²) in [5.74, 6) is 0. The Morgan fingerprint density at radius 2 is 1.13 bits per heavy atom. The number of aryl methyl sites for hydroxylation is 5. The van der Waals surface area contributed by atoms with Crippen molar-refractivity contribution in [3.05, 3.63) is 109 Å². The lowest BCUT2D eigenvalue weighted by molar-refractivity contribution is -0.385. The zero-order valence-electron chi connectivity index (χ0n) is 17.9. The Kier molecular flexibility index (Phi) is 5.54. The summed E-state index contributed by atoms with van der Waals surface area (Å²) in [5.41, 5.74) is 11.3. The standard InChI is InChI=1S/C27H27NO2/c1-18-4-6-21(7-5-18)8-9-22-14-23-10-12-25-16-27(28(29)30)17-26(20(25)3)13-11-24(15-22)19(23)2/h4-9,14-17H,10-13H2,1-3H3/b9-8-. The number of nitro benzene ring substituents is 1. The molecule has 0 unspecified atom stereocenters. The molecule has 4 bridgehead atoms. The normalized spacial score (nSPS) is 13.4. The summed E-state index contributed by atoms with van der Waals surface area (Å²) >= 11 is 0. The average molecular weight is 398 g/mol. The highest BCUT2D eigenvalue weighted by Crippen LogP contribution is 2.29. The van der Waals surface area contributed by atoms with Gasteiger partial charge in [-0.3, -0.25) is 10.1 Å². The summed E-state index contributed by atoms with van der Waals surface area (Å²) in [6.45, 7) is 6.41. The molecule has 152 valence electrons. The number of hydrogen-bond acceptors (Lipinski definition) is 2. The lowest BCUT2D eigenvalue weighted by Gasteiger charge is -2.18. The first kappa shape index (κ1) is 20.1. The van der Waals surface area contributed by atoms with Crippen molar-refractivity contribution in [3.8, 4) is 0 Å². The molecule has 0 amide bonds. The van der Waals surface area contributed by atoms with E-state index in [9.17, 15) is 10.1 Å². The van der Waals surface area contributed by atoms with E-state index in [1.807, 2.05) is 0 Å². The Balaban J connectivity index is 1.69. The van der Waals surface area contributed by atoms with Crippen LogP contribution in [-0.4, -0.2) is 4.92 Å². The average Bonchev–Trinajstić information content (AvgIpc) is 2.72. The molecule has 3 heteroatoms. The van der Waals surface area contributed by atoms with E-state index in [0.717, 1.165) is 36.8 Å². The topological polar surface area (TPSA) is 43.1 Å². The van der Waals surface area contributed by atoms with Crippen LogP contribution in [0.1, 0.15) is 50.1 Å². The van der Waals surface area contributed by atoms with Gasteiger partial charge in [-0.25, -0.2) is 0 Å². The van der Waals surface area contributed by atoms with Gasteiger partial charge in [0, 0.05) is 12.1 Å². The van der Waals surface area contributed by atoms with Gasteiger partial charge in [-0.15, -0.1) is 0 Å². The van der Waals surface area contributed by atoms with Gasteiger partial charge < -0.3 is 0 Å². The molecule has 30 heavy (non-hydrogen) atoms. The fraction of sp³-hybridized carbons (Fsp3) is 0.259. The van der Waals surface area contributed by atoms with E-state index in [2.05, 4.69) is 69.3 Å². The van der Waals surface area contributed by atoms with Crippen LogP contribution in [0.2, 0.25) is 0 Å². The first-order valence-electron chi connectivity index (χ1n) is 10.5. The largest absolute Gasteiger partial charge is 0.269 e. The predicted molar refractivity (Wildman–Crippen MR) is 124 cm³/mol. The van der Waals surface area contributed by atoms with Crippen molar-refractivity contribution in [2.24, 2.45) is 0 Å². The molecule has 0 fully saturated rings. The van der Waals surface area contributed by atoms with Crippen molar-refractivity contribution in [1.29, 1.82) is 0 Å². The number of hydrogen-bond donors (Lipinski definition) is 0. The van der Waals surface area contributed by atoms with Crippen LogP contribution in [0.15, 0.2) is 48.5 Å². The smallest absolute Gasteiger partial charge is 0.258 e. The monoisotopic (exact) mass is 397 g/mol. The van der Waals surface area contributed by atoms with Gasteiger partial charge >= 0.3 is 0 Å². The van der Waals surface area contributed by atoms with Crippen LogP contribution in [0.4, 0.5) is 5.69 Å². The third kappa shape index (κ3) is 4.20. The van der Waals surface area contributed by atoms with Crippen LogP contribution in [0.25, 0.3) is 12.2 Å². The van der Waals surface area contributed by atoms with Gasteiger partial charge in [0.25, 0.3) is 5.69 Å². The van der Waals surface area contributed by atoms with E-state index in [4.69, 9.17) is 0 Å². The van der Waals surface area contributed by atoms with Crippen molar-refractivity contribution < 1.29 is 4.92 Å². The second-order valence-electron chi connectivity index (χ2n) is 8.35. The van der Waals surface area contributed by atoms with Crippen molar-refractivity contribution >= 4 is 17.8 Å². The molecule has 1 aliphatic carbocycles. The second-order valence-corrected chi connectivity index (χ2v) is 8.35. The molecule has 0 saturated heterocycles. The Bertz CT molecular complexity index is 1090. The molecule has 4 rings (SSSR count). The molecule has 0 spiro atoms. The maximum absolute atomic E-state index is 11.4. The van der Waals surface area contributed by atoms with Crippen molar-refractivity contribution in [2.75, 3.05) is 0 Å². The van der Waals surface area contributed by atoms with Crippen LogP contribution < -0.4 is 0 Å². The van der Waals surface area contributed by atoms with Gasteiger partial charge in [0.1, 0.15) is 0 Å². The number of nitrogens with zero attached hydrogens (tertiary/aromatic N) is 1. The van der Waals surface area contributed by atoms with Crippen LogP contribution in [0.5, 0.6) is 0 Å². The van der Waals surface area contributed by atoms with Crippen LogP contribution in [-0.2, 0) is 25.7 Å². The molecular formula is C27H27NO2. The summed E-state index contributed by atoms with van der Waals surface area (Å²) in [4.78, 5) is 11.1. The zero-order valence-corrected chi connectivity index (χ0v) is 17.9. The van der Waals surface area contributed by atoms with Crippen molar-refractivity contribution in [1.82, 2.24) is 0 Å². The minimum absolute atomic E-state index is 0.216. The molecule has 3 aromatic carbocycles. The highest BCUT2D eigenvalue weighted by molar-refractivity contribution is 5.70. The third-order valence-corrected chi connectivity index (χ3v) is 6.34.